The maximum atomic E-state index is 12.4. The van der Waals surface area contributed by atoms with Gasteiger partial charge in [-0.05, 0) is 44.0 Å². The molecular formula is C20H23NO5. The van der Waals surface area contributed by atoms with Crippen LogP contribution in [0.3, 0.4) is 0 Å². The average Bonchev–Trinajstić information content (AvgIpc) is 2.81. The van der Waals surface area contributed by atoms with Crippen LogP contribution in [0.4, 0.5) is 0 Å². The number of ether oxygens (including phenoxy) is 3. The van der Waals surface area contributed by atoms with Crippen molar-refractivity contribution in [1.29, 1.82) is 0 Å². The molecule has 1 atom stereocenters. The lowest BCUT2D eigenvalue weighted by Crippen LogP contribution is -2.38. The summed E-state index contributed by atoms with van der Waals surface area (Å²) in [6.45, 7) is 9.62. The van der Waals surface area contributed by atoms with Gasteiger partial charge in [-0.2, -0.15) is 0 Å². The maximum Gasteiger partial charge on any atom is 0.337 e. The second kappa shape index (κ2) is 6.52. The highest BCUT2D eigenvalue weighted by Gasteiger charge is 2.47. The number of carbonyl (C=O) groups is 2. The molecule has 0 bridgehead atoms. The summed E-state index contributed by atoms with van der Waals surface area (Å²) in [5.74, 6) is 0.223. The second-order valence-corrected chi connectivity index (χ2v) is 7.15. The number of hydrogen-bond donors (Lipinski definition) is 1. The zero-order valence-electron chi connectivity index (χ0n) is 15.5. The summed E-state index contributed by atoms with van der Waals surface area (Å²) >= 11 is 0. The molecule has 0 saturated carbocycles. The number of amides is 1. The molecule has 2 heterocycles. The van der Waals surface area contributed by atoms with Crippen LogP contribution >= 0.6 is 0 Å². The molecule has 3 rings (SSSR count). The molecular weight excluding hydrogens is 334 g/mol. The Balaban J connectivity index is 2.00. The highest BCUT2D eigenvalue weighted by Crippen LogP contribution is 2.44. The van der Waals surface area contributed by atoms with Gasteiger partial charge in [-0.1, -0.05) is 12.6 Å². The van der Waals surface area contributed by atoms with Gasteiger partial charge in [-0.25, -0.2) is 4.79 Å². The SMILES string of the molecule is C=C(C)COc1ccc(C2CC(=O)NC3=C2C(=O)OC3(C)C)cc1OC. The Bertz CT molecular complexity index is 821. The van der Waals surface area contributed by atoms with E-state index in [0.717, 1.165) is 11.1 Å². The number of nitrogens with one attached hydrogen (secondary N) is 1. The molecule has 2 aliphatic heterocycles. The second-order valence-electron chi connectivity index (χ2n) is 7.15. The fraction of sp³-hybridized carbons (Fsp3) is 0.400. The third-order valence-electron chi connectivity index (χ3n) is 4.51. The minimum Gasteiger partial charge on any atom is -0.493 e. The van der Waals surface area contributed by atoms with Crippen molar-refractivity contribution in [3.05, 3.63) is 47.2 Å². The van der Waals surface area contributed by atoms with E-state index in [0.29, 0.717) is 29.4 Å². The van der Waals surface area contributed by atoms with Crippen LogP contribution in [0.2, 0.25) is 0 Å². The average molecular weight is 357 g/mol. The van der Waals surface area contributed by atoms with Crippen molar-refractivity contribution in [1.82, 2.24) is 5.32 Å². The lowest BCUT2D eigenvalue weighted by molar-refractivity contribution is -0.144. The van der Waals surface area contributed by atoms with Crippen molar-refractivity contribution in [3.63, 3.8) is 0 Å². The Morgan fingerprint density at radius 2 is 2.08 bits per heavy atom. The molecule has 1 unspecified atom stereocenters. The van der Waals surface area contributed by atoms with Crippen molar-refractivity contribution in [2.24, 2.45) is 0 Å². The summed E-state index contributed by atoms with van der Waals surface area (Å²) in [4.78, 5) is 24.6. The predicted molar refractivity (Wildman–Crippen MR) is 96.0 cm³/mol. The lowest BCUT2D eigenvalue weighted by Gasteiger charge is -2.27. The number of rotatable bonds is 5. The molecule has 0 radical (unpaired) electrons. The van der Waals surface area contributed by atoms with Crippen LogP contribution in [-0.2, 0) is 14.3 Å². The van der Waals surface area contributed by atoms with E-state index in [9.17, 15) is 9.59 Å². The van der Waals surface area contributed by atoms with E-state index in [1.165, 1.54) is 0 Å². The van der Waals surface area contributed by atoms with Crippen LogP contribution in [0.1, 0.15) is 38.7 Å². The molecule has 1 aromatic carbocycles. The minimum absolute atomic E-state index is 0.137. The maximum absolute atomic E-state index is 12.4. The van der Waals surface area contributed by atoms with Gasteiger partial charge in [-0.3, -0.25) is 4.79 Å². The van der Waals surface area contributed by atoms with Crippen molar-refractivity contribution in [2.75, 3.05) is 13.7 Å². The molecule has 2 aliphatic rings. The zero-order valence-corrected chi connectivity index (χ0v) is 15.5. The number of hydrogen-bond acceptors (Lipinski definition) is 5. The predicted octanol–water partition coefficient (Wildman–Crippen LogP) is 2.84. The molecule has 1 amide bonds. The minimum atomic E-state index is -0.838. The molecule has 0 fully saturated rings. The fourth-order valence-corrected chi connectivity index (χ4v) is 3.28. The number of cyclic esters (lactones) is 1. The van der Waals surface area contributed by atoms with E-state index in [4.69, 9.17) is 14.2 Å². The Labute approximate surface area is 152 Å². The van der Waals surface area contributed by atoms with E-state index in [1.807, 2.05) is 13.0 Å². The monoisotopic (exact) mass is 357 g/mol. The van der Waals surface area contributed by atoms with Crippen LogP contribution in [0.15, 0.2) is 41.6 Å². The Morgan fingerprint density at radius 3 is 2.73 bits per heavy atom. The number of methoxy groups -OCH3 is 1. The summed E-state index contributed by atoms with van der Waals surface area (Å²) in [7, 11) is 1.55. The fourth-order valence-electron chi connectivity index (χ4n) is 3.28. The van der Waals surface area contributed by atoms with Crippen LogP contribution < -0.4 is 14.8 Å². The van der Waals surface area contributed by atoms with Crippen molar-refractivity contribution >= 4 is 11.9 Å². The zero-order chi connectivity index (χ0) is 19.1. The van der Waals surface area contributed by atoms with Crippen molar-refractivity contribution in [2.45, 2.75) is 38.7 Å². The topological polar surface area (TPSA) is 73.9 Å². The first-order valence-corrected chi connectivity index (χ1v) is 8.46. The highest BCUT2D eigenvalue weighted by molar-refractivity contribution is 5.99. The van der Waals surface area contributed by atoms with Gasteiger partial charge in [0.15, 0.2) is 11.5 Å². The van der Waals surface area contributed by atoms with Crippen LogP contribution in [-0.4, -0.2) is 31.2 Å². The van der Waals surface area contributed by atoms with E-state index in [1.54, 1.807) is 33.1 Å². The normalized spacial score (nSPS) is 21.0. The van der Waals surface area contributed by atoms with E-state index >= 15 is 0 Å². The van der Waals surface area contributed by atoms with Gasteiger partial charge in [0.2, 0.25) is 5.91 Å². The summed E-state index contributed by atoms with van der Waals surface area (Å²) in [5.41, 5.74) is 1.92. The summed E-state index contributed by atoms with van der Waals surface area (Å²) in [6, 6.07) is 5.44. The largest absolute Gasteiger partial charge is 0.493 e. The van der Waals surface area contributed by atoms with Crippen LogP contribution in [0, 0.1) is 0 Å². The smallest absolute Gasteiger partial charge is 0.337 e. The number of carbonyl (C=O) groups excluding carboxylic acids is 2. The number of esters is 1. The quantitative estimate of drug-likeness (QED) is 0.648. The third kappa shape index (κ3) is 3.19. The summed E-state index contributed by atoms with van der Waals surface area (Å²) < 4.78 is 16.6. The molecule has 1 aromatic rings. The Morgan fingerprint density at radius 1 is 1.35 bits per heavy atom. The summed E-state index contributed by atoms with van der Waals surface area (Å²) in [6.07, 6.45) is 0.180. The van der Waals surface area contributed by atoms with Gasteiger partial charge in [0.05, 0.1) is 18.4 Å². The first-order valence-electron chi connectivity index (χ1n) is 8.46. The molecule has 26 heavy (non-hydrogen) atoms. The van der Waals surface area contributed by atoms with Crippen molar-refractivity contribution < 1.29 is 23.8 Å². The van der Waals surface area contributed by atoms with Gasteiger partial charge in [-0.15, -0.1) is 0 Å². The van der Waals surface area contributed by atoms with Gasteiger partial charge < -0.3 is 19.5 Å². The van der Waals surface area contributed by atoms with Gasteiger partial charge in [0.1, 0.15) is 12.2 Å². The standard InChI is InChI=1S/C20H23NO5/c1-11(2)10-25-14-7-6-12(8-15(14)24-5)13-9-16(22)21-18-17(13)19(23)26-20(18,3)4/h6-8,13H,1,9-10H2,2-5H3,(H,21,22). The lowest BCUT2D eigenvalue weighted by atomic mass is 9.82. The van der Waals surface area contributed by atoms with Gasteiger partial charge in [0.25, 0.3) is 0 Å². The first-order chi connectivity index (χ1) is 12.2. The van der Waals surface area contributed by atoms with Crippen molar-refractivity contribution in [3.8, 4) is 11.5 Å². The number of benzene rings is 1. The van der Waals surface area contributed by atoms with Gasteiger partial charge >= 0.3 is 5.97 Å². The molecule has 0 aliphatic carbocycles. The summed E-state index contributed by atoms with van der Waals surface area (Å²) in [5, 5.41) is 2.80. The molecule has 6 heteroatoms. The first kappa shape index (κ1) is 18.0. The van der Waals surface area contributed by atoms with Crippen LogP contribution in [0.5, 0.6) is 11.5 Å². The third-order valence-corrected chi connectivity index (χ3v) is 4.51. The molecule has 138 valence electrons. The molecule has 0 aromatic heterocycles. The van der Waals surface area contributed by atoms with E-state index in [2.05, 4.69) is 11.9 Å². The van der Waals surface area contributed by atoms with E-state index < -0.39 is 11.6 Å². The van der Waals surface area contributed by atoms with Gasteiger partial charge in [0, 0.05) is 12.3 Å². The molecule has 0 saturated heterocycles. The highest BCUT2D eigenvalue weighted by atomic mass is 16.6. The molecule has 1 N–H and O–H groups in total. The molecule has 6 nitrogen and oxygen atoms in total. The van der Waals surface area contributed by atoms with E-state index in [-0.39, 0.29) is 18.2 Å². The Kier molecular flexibility index (Phi) is 4.52. The van der Waals surface area contributed by atoms with Crippen LogP contribution in [0.25, 0.3) is 0 Å². The molecule has 0 spiro atoms. The Hall–Kier alpha value is -2.76.